The molecule has 0 spiro atoms. The minimum Gasteiger partial charge on any atom is -0.476 e. The number of carbonyl (C=O) groups is 1. The molecule has 0 saturated carbocycles. The molecule has 3 aromatic rings. The lowest BCUT2D eigenvalue weighted by molar-refractivity contribution is 0.0686. The number of carboxylic acids is 1. The van der Waals surface area contributed by atoms with Gasteiger partial charge in [-0.1, -0.05) is 12.1 Å². The fraction of sp³-hybridized carbons (Fsp3) is 0. The number of benzene rings is 1. The van der Waals surface area contributed by atoms with Crippen LogP contribution in [0, 0.1) is 11.3 Å². The van der Waals surface area contributed by atoms with Crippen LogP contribution in [0.15, 0.2) is 48.7 Å². The molecule has 6 nitrogen and oxygen atoms in total. The van der Waals surface area contributed by atoms with Crippen LogP contribution in [-0.4, -0.2) is 20.5 Å². The Labute approximate surface area is 119 Å². The van der Waals surface area contributed by atoms with Crippen LogP contribution in [0.4, 0.5) is 0 Å². The number of nitriles is 1. The minimum atomic E-state index is -1.14. The molecule has 3 rings (SSSR count). The number of aromatic carboxylic acids is 1. The van der Waals surface area contributed by atoms with Gasteiger partial charge in [0.05, 0.1) is 11.6 Å². The lowest BCUT2D eigenvalue weighted by atomic mass is 10.2. The molecule has 21 heavy (non-hydrogen) atoms. The van der Waals surface area contributed by atoms with Gasteiger partial charge in [0.15, 0.2) is 5.69 Å². The van der Waals surface area contributed by atoms with Gasteiger partial charge in [-0.2, -0.15) is 10.2 Å². The Hall–Kier alpha value is -3.33. The molecule has 0 aliphatic heterocycles. The normalized spacial score (nSPS) is 10.2. The van der Waals surface area contributed by atoms with E-state index in [1.54, 1.807) is 42.6 Å². The number of hydrogen-bond acceptors (Lipinski definition) is 4. The van der Waals surface area contributed by atoms with E-state index in [-0.39, 0.29) is 11.6 Å². The van der Waals surface area contributed by atoms with Crippen molar-refractivity contribution in [2.75, 3.05) is 0 Å². The first-order valence-corrected chi connectivity index (χ1v) is 6.07. The lowest BCUT2D eigenvalue weighted by Gasteiger charge is -2.03. The maximum Gasteiger partial charge on any atom is 0.358 e. The largest absolute Gasteiger partial charge is 0.476 e. The zero-order valence-electron chi connectivity index (χ0n) is 10.7. The van der Waals surface area contributed by atoms with E-state index in [0.717, 1.165) is 0 Å². The van der Waals surface area contributed by atoms with Crippen molar-refractivity contribution in [3.8, 4) is 17.7 Å². The molecule has 2 aromatic heterocycles. The molecule has 0 unspecified atom stereocenters. The van der Waals surface area contributed by atoms with Crippen molar-refractivity contribution in [1.82, 2.24) is 9.38 Å². The highest BCUT2D eigenvalue weighted by Crippen LogP contribution is 2.26. The molecule has 0 aliphatic carbocycles. The Morgan fingerprint density at radius 1 is 1.29 bits per heavy atom. The van der Waals surface area contributed by atoms with Gasteiger partial charge < -0.3 is 9.84 Å². The van der Waals surface area contributed by atoms with Crippen LogP contribution >= 0.6 is 0 Å². The van der Waals surface area contributed by atoms with Crippen LogP contribution in [0.2, 0.25) is 0 Å². The number of imidazole rings is 1. The SMILES string of the molecule is N#Cc1cccc(Oc2nc3ccccn3c2C(=O)O)c1. The van der Waals surface area contributed by atoms with Gasteiger partial charge in [0.2, 0.25) is 0 Å². The van der Waals surface area contributed by atoms with E-state index in [0.29, 0.717) is 17.0 Å². The summed E-state index contributed by atoms with van der Waals surface area (Å²) in [7, 11) is 0. The van der Waals surface area contributed by atoms with E-state index in [1.807, 2.05) is 6.07 Å². The Kier molecular flexibility index (Phi) is 3.01. The van der Waals surface area contributed by atoms with Gasteiger partial charge in [-0.25, -0.2) is 4.79 Å². The lowest BCUT2D eigenvalue weighted by Crippen LogP contribution is -2.03. The highest BCUT2D eigenvalue weighted by atomic mass is 16.5. The van der Waals surface area contributed by atoms with Crippen molar-refractivity contribution >= 4 is 11.6 Å². The molecular formula is C15H9N3O3. The van der Waals surface area contributed by atoms with Crippen LogP contribution in [0.5, 0.6) is 11.6 Å². The predicted molar refractivity (Wildman–Crippen MR) is 73.4 cm³/mol. The third-order valence-electron chi connectivity index (χ3n) is 2.88. The summed E-state index contributed by atoms with van der Waals surface area (Å²) >= 11 is 0. The molecule has 0 amide bonds. The first-order chi connectivity index (χ1) is 10.2. The molecule has 6 heteroatoms. The van der Waals surface area contributed by atoms with Crippen molar-refractivity contribution in [3.05, 3.63) is 59.9 Å². The highest BCUT2D eigenvalue weighted by Gasteiger charge is 2.20. The zero-order valence-corrected chi connectivity index (χ0v) is 10.7. The first-order valence-electron chi connectivity index (χ1n) is 6.07. The van der Waals surface area contributed by atoms with E-state index in [9.17, 15) is 9.90 Å². The molecule has 1 aromatic carbocycles. The second kappa shape index (κ2) is 4.98. The molecule has 0 aliphatic rings. The Bertz CT molecular complexity index is 877. The van der Waals surface area contributed by atoms with Crippen molar-refractivity contribution < 1.29 is 14.6 Å². The van der Waals surface area contributed by atoms with Gasteiger partial charge in [-0.15, -0.1) is 0 Å². The van der Waals surface area contributed by atoms with Crippen LogP contribution < -0.4 is 4.74 Å². The average molecular weight is 279 g/mol. The van der Waals surface area contributed by atoms with Crippen LogP contribution in [0.25, 0.3) is 5.65 Å². The molecule has 2 heterocycles. The van der Waals surface area contributed by atoms with Gasteiger partial charge in [-0.05, 0) is 30.3 Å². The molecule has 0 fully saturated rings. The topological polar surface area (TPSA) is 87.6 Å². The van der Waals surface area contributed by atoms with E-state index in [1.165, 1.54) is 10.5 Å². The summed E-state index contributed by atoms with van der Waals surface area (Å²) in [6.07, 6.45) is 1.60. The van der Waals surface area contributed by atoms with Crippen molar-refractivity contribution in [3.63, 3.8) is 0 Å². The van der Waals surface area contributed by atoms with Gasteiger partial charge >= 0.3 is 5.97 Å². The van der Waals surface area contributed by atoms with Crippen LogP contribution in [0.3, 0.4) is 0 Å². The van der Waals surface area contributed by atoms with Gasteiger partial charge in [0.25, 0.3) is 5.88 Å². The number of aromatic nitrogens is 2. The molecule has 102 valence electrons. The number of nitrogens with zero attached hydrogens (tertiary/aromatic N) is 3. The summed E-state index contributed by atoms with van der Waals surface area (Å²) in [6.45, 7) is 0. The van der Waals surface area contributed by atoms with E-state index < -0.39 is 5.97 Å². The fourth-order valence-corrected chi connectivity index (χ4v) is 1.98. The quantitative estimate of drug-likeness (QED) is 0.796. The van der Waals surface area contributed by atoms with Crippen molar-refractivity contribution in [2.45, 2.75) is 0 Å². The summed E-state index contributed by atoms with van der Waals surface area (Å²) in [5.41, 5.74) is 0.836. The second-order valence-corrected chi connectivity index (χ2v) is 4.24. The molecular weight excluding hydrogens is 270 g/mol. The first kappa shape index (κ1) is 12.7. The second-order valence-electron chi connectivity index (χ2n) is 4.24. The zero-order chi connectivity index (χ0) is 14.8. The number of fused-ring (bicyclic) bond motifs is 1. The third kappa shape index (κ3) is 2.28. The van der Waals surface area contributed by atoms with Gasteiger partial charge in [-0.3, -0.25) is 4.40 Å². The predicted octanol–water partition coefficient (Wildman–Crippen LogP) is 2.70. The summed E-state index contributed by atoms with van der Waals surface area (Å²) in [5, 5.41) is 18.2. The monoisotopic (exact) mass is 279 g/mol. The van der Waals surface area contributed by atoms with Crippen LogP contribution in [0.1, 0.15) is 16.1 Å². The Balaban J connectivity index is 2.10. The maximum atomic E-state index is 11.4. The summed E-state index contributed by atoms with van der Waals surface area (Å²) < 4.78 is 6.97. The van der Waals surface area contributed by atoms with Crippen molar-refractivity contribution in [2.24, 2.45) is 0 Å². The highest BCUT2D eigenvalue weighted by molar-refractivity contribution is 5.89. The number of ether oxygens (including phenoxy) is 1. The molecule has 0 bridgehead atoms. The molecule has 0 radical (unpaired) electrons. The summed E-state index contributed by atoms with van der Waals surface area (Å²) in [4.78, 5) is 15.6. The van der Waals surface area contributed by atoms with Crippen LogP contribution in [-0.2, 0) is 0 Å². The van der Waals surface area contributed by atoms with E-state index in [4.69, 9.17) is 10.00 Å². The maximum absolute atomic E-state index is 11.4. The Morgan fingerprint density at radius 2 is 2.14 bits per heavy atom. The van der Waals surface area contributed by atoms with Gasteiger partial charge in [0.1, 0.15) is 11.4 Å². The number of carboxylic acid groups (broad SMARTS) is 1. The smallest absolute Gasteiger partial charge is 0.358 e. The molecule has 1 N–H and O–H groups in total. The third-order valence-corrected chi connectivity index (χ3v) is 2.88. The Morgan fingerprint density at radius 3 is 2.90 bits per heavy atom. The molecule has 0 atom stereocenters. The summed E-state index contributed by atoms with van der Waals surface area (Å²) in [5.74, 6) is -0.788. The van der Waals surface area contributed by atoms with E-state index >= 15 is 0 Å². The van der Waals surface area contributed by atoms with Crippen molar-refractivity contribution in [1.29, 1.82) is 5.26 Å². The average Bonchev–Trinajstić information content (AvgIpc) is 2.85. The molecule has 0 saturated heterocycles. The van der Waals surface area contributed by atoms with E-state index in [2.05, 4.69) is 4.98 Å². The number of hydrogen-bond donors (Lipinski definition) is 1. The number of rotatable bonds is 3. The minimum absolute atomic E-state index is 0.0104. The number of pyridine rings is 1. The van der Waals surface area contributed by atoms with Gasteiger partial charge in [0, 0.05) is 6.20 Å². The fourth-order valence-electron chi connectivity index (χ4n) is 1.98. The summed E-state index contributed by atoms with van der Waals surface area (Å²) in [6, 6.07) is 13.6. The standard InChI is InChI=1S/C15H9N3O3/c16-9-10-4-3-5-11(8-10)21-14-13(15(19)20)18-7-2-1-6-12(18)17-14/h1-8H,(H,19,20).